The van der Waals surface area contributed by atoms with Crippen LogP contribution in [0.1, 0.15) is 19.3 Å². The van der Waals surface area contributed by atoms with Crippen molar-refractivity contribution in [2.45, 2.75) is 37.6 Å². The Morgan fingerprint density at radius 3 is 2.00 bits per heavy atom. The minimum absolute atomic E-state index is 0.115. The highest BCUT2D eigenvalue weighted by Crippen LogP contribution is 2.77. The van der Waals surface area contributed by atoms with Crippen LogP contribution < -0.4 is 0 Å². The summed E-state index contributed by atoms with van der Waals surface area (Å²) >= 11 is 0. The Labute approximate surface area is 155 Å². The van der Waals surface area contributed by atoms with Crippen LogP contribution in [0.25, 0.3) is 0 Å². The van der Waals surface area contributed by atoms with Gasteiger partial charge in [0.25, 0.3) is 0 Å². The number of hydrogen-bond acceptors (Lipinski definition) is 3. The van der Waals surface area contributed by atoms with Gasteiger partial charge in [-0.3, -0.25) is 0 Å². The van der Waals surface area contributed by atoms with Gasteiger partial charge in [-0.2, -0.15) is 5.26 Å². The van der Waals surface area contributed by atoms with Gasteiger partial charge in [-0.1, -0.05) is 12.2 Å². The van der Waals surface area contributed by atoms with E-state index in [1.54, 1.807) is 0 Å². The van der Waals surface area contributed by atoms with Gasteiger partial charge in [0.1, 0.15) is 0 Å². The van der Waals surface area contributed by atoms with Gasteiger partial charge >= 0.3 is 0 Å². The lowest BCUT2D eigenvalue weighted by Crippen LogP contribution is -2.52. The van der Waals surface area contributed by atoms with E-state index in [2.05, 4.69) is 18.2 Å². The fraction of sp³-hybridized carbons (Fsp3) is 0.870. The lowest BCUT2D eigenvalue weighted by Gasteiger charge is -2.48. The number of ether oxygens (including phenoxy) is 2. The van der Waals surface area contributed by atoms with Crippen molar-refractivity contribution in [2.24, 2.45) is 76.9 Å². The van der Waals surface area contributed by atoms with E-state index in [1.807, 2.05) is 7.11 Å². The van der Waals surface area contributed by atoms with Gasteiger partial charge in [0.2, 0.25) is 0 Å². The minimum atomic E-state index is 0.115. The van der Waals surface area contributed by atoms with Gasteiger partial charge < -0.3 is 9.47 Å². The molecule has 0 aromatic heterocycles. The number of fused-ring (bicyclic) bond motifs is 23. The topological polar surface area (TPSA) is 42.2 Å². The molecule has 8 aliphatic rings. The highest BCUT2D eigenvalue weighted by Gasteiger charge is 2.78. The maximum atomic E-state index is 9.79. The summed E-state index contributed by atoms with van der Waals surface area (Å²) in [4.78, 5) is 0. The van der Waals surface area contributed by atoms with E-state index in [0.29, 0.717) is 35.9 Å². The van der Waals surface area contributed by atoms with E-state index in [0.717, 1.165) is 47.3 Å². The third-order valence-corrected chi connectivity index (χ3v) is 11.0. The average Bonchev–Trinajstić information content (AvgIpc) is 3.46. The molecule has 2 aliphatic heterocycles. The number of nitriles is 1. The summed E-state index contributed by atoms with van der Waals surface area (Å²) in [5, 5.41) is 9.79. The highest BCUT2D eigenvalue weighted by atomic mass is 16.5. The lowest BCUT2D eigenvalue weighted by molar-refractivity contribution is -0.0454. The fourth-order valence-corrected chi connectivity index (χ4v) is 11.0. The van der Waals surface area contributed by atoms with Crippen molar-refractivity contribution in [1.82, 2.24) is 0 Å². The molecule has 0 aromatic rings. The first-order valence-corrected chi connectivity index (χ1v) is 11.1. The van der Waals surface area contributed by atoms with Crippen molar-refractivity contribution in [3.05, 3.63) is 12.2 Å². The highest BCUT2D eigenvalue weighted by molar-refractivity contribution is 5.29. The zero-order chi connectivity index (χ0) is 16.9. The van der Waals surface area contributed by atoms with Crippen LogP contribution in [0.2, 0.25) is 0 Å². The first-order valence-electron chi connectivity index (χ1n) is 11.1. The van der Waals surface area contributed by atoms with E-state index in [1.165, 1.54) is 19.3 Å². The van der Waals surface area contributed by atoms with Gasteiger partial charge in [0.15, 0.2) is 0 Å². The molecule has 6 aliphatic carbocycles. The SMILES string of the molecule is COC1C(C#N)C2CC1C1C3OC(C21)C1C2CC(C4C5C=CC(C5)C24)C31. The summed E-state index contributed by atoms with van der Waals surface area (Å²) in [6.45, 7) is 0. The zero-order valence-electron chi connectivity index (χ0n) is 15.3. The molecule has 0 aromatic carbocycles. The van der Waals surface area contributed by atoms with E-state index in [-0.39, 0.29) is 12.0 Å². The van der Waals surface area contributed by atoms with Crippen LogP contribution in [0.15, 0.2) is 12.2 Å². The Kier molecular flexibility index (Phi) is 2.32. The molecule has 5 saturated carbocycles. The molecular formula is C23H27NO2. The summed E-state index contributed by atoms with van der Waals surface area (Å²) < 4.78 is 12.7. The summed E-state index contributed by atoms with van der Waals surface area (Å²) in [5.41, 5.74) is 0. The van der Waals surface area contributed by atoms with Crippen molar-refractivity contribution < 1.29 is 9.47 Å². The number of nitrogens with zero attached hydrogens (tertiary/aromatic N) is 1. The Balaban J connectivity index is 1.20. The first kappa shape index (κ1) is 14.2. The summed E-state index contributed by atoms with van der Waals surface area (Å²) in [6.07, 6.45) is 10.5. The molecule has 7 fully saturated rings. The maximum Gasteiger partial charge on any atom is 0.0764 e. The second-order valence-corrected chi connectivity index (χ2v) is 11.0. The number of allylic oxidation sites excluding steroid dienone is 2. The summed E-state index contributed by atoms with van der Waals surface area (Å²) in [7, 11) is 1.82. The first-order chi connectivity index (χ1) is 12.8. The standard InChI is InChI=1S/C23H27NO2/c1-25-21-13-5-10(14(21)7-24)17-20(13)23-19-12-6-11(18(19)22(17)26-23)15-8-2-3-9(4-8)16(12)15/h2-3,8-23H,4-6H2,1H3. The van der Waals surface area contributed by atoms with Crippen LogP contribution in [-0.2, 0) is 9.47 Å². The molecule has 8 rings (SSSR count). The molecule has 0 N–H and O–H groups in total. The Morgan fingerprint density at radius 2 is 1.38 bits per heavy atom. The molecule has 0 amide bonds. The lowest BCUT2D eigenvalue weighted by atomic mass is 9.54. The number of rotatable bonds is 1. The monoisotopic (exact) mass is 349 g/mol. The van der Waals surface area contributed by atoms with Crippen molar-refractivity contribution in [1.29, 1.82) is 5.26 Å². The quantitative estimate of drug-likeness (QED) is 0.539. The third kappa shape index (κ3) is 1.23. The Morgan fingerprint density at radius 1 is 0.808 bits per heavy atom. The second kappa shape index (κ2) is 4.26. The van der Waals surface area contributed by atoms with Gasteiger partial charge in [-0.15, -0.1) is 0 Å². The van der Waals surface area contributed by atoms with Crippen LogP contribution in [0.4, 0.5) is 0 Å². The molecule has 0 radical (unpaired) electrons. The summed E-state index contributed by atoms with van der Waals surface area (Å²) in [5.74, 6) is 9.93. The van der Waals surface area contributed by atoms with Crippen molar-refractivity contribution >= 4 is 0 Å². The van der Waals surface area contributed by atoms with Crippen molar-refractivity contribution in [3.8, 4) is 6.07 Å². The van der Waals surface area contributed by atoms with Gasteiger partial charge in [-0.25, -0.2) is 0 Å². The summed E-state index contributed by atoms with van der Waals surface area (Å²) in [6, 6.07) is 2.63. The van der Waals surface area contributed by atoms with Crippen LogP contribution in [0.5, 0.6) is 0 Å². The number of hydrogen-bond donors (Lipinski definition) is 0. The van der Waals surface area contributed by atoms with Crippen LogP contribution >= 0.6 is 0 Å². The predicted octanol–water partition coefficient (Wildman–Crippen LogP) is 3.12. The van der Waals surface area contributed by atoms with Gasteiger partial charge in [-0.05, 0) is 90.3 Å². The molecule has 8 bridgehead atoms. The van der Waals surface area contributed by atoms with Crippen molar-refractivity contribution in [3.63, 3.8) is 0 Å². The molecule has 26 heavy (non-hydrogen) atoms. The van der Waals surface area contributed by atoms with Crippen molar-refractivity contribution in [2.75, 3.05) is 7.11 Å². The van der Waals surface area contributed by atoms with Crippen LogP contribution in [0, 0.1) is 88.3 Å². The molecule has 2 saturated heterocycles. The van der Waals surface area contributed by atoms with E-state index >= 15 is 0 Å². The Bertz CT molecular complexity index is 771. The van der Waals surface area contributed by atoms with Gasteiger partial charge in [0, 0.05) is 7.11 Å². The molecule has 2 heterocycles. The van der Waals surface area contributed by atoms with E-state index < -0.39 is 0 Å². The van der Waals surface area contributed by atoms with Crippen LogP contribution in [0.3, 0.4) is 0 Å². The molecule has 16 unspecified atom stereocenters. The predicted molar refractivity (Wildman–Crippen MR) is 93.4 cm³/mol. The largest absolute Gasteiger partial charge is 0.380 e. The van der Waals surface area contributed by atoms with E-state index in [9.17, 15) is 5.26 Å². The smallest absolute Gasteiger partial charge is 0.0764 e. The molecule has 3 heteroatoms. The average molecular weight is 349 g/mol. The molecule has 3 nitrogen and oxygen atoms in total. The maximum absolute atomic E-state index is 9.79. The third-order valence-electron chi connectivity index (χ3n) is 11.0. The normalized spacial score (nSPS) is 72.2. The molecule has 0 spiro atoms. The molecular weight excluding hydrogens is 322 g/mol. The minimum Gasteiger partial charge on any atom is -0.380 e. The second-order valence-electron chi connectivity index (χ2n) is 11.0. The molecule has 136 valence electrons. The van der Waals surface area contributed by atoms with E-state index in [4.69, 9.17) is 9.47 Å². The van der Waals surface area contributed by atoms with Gasteiger partial charge in [0.05, 0.1) is 30.3 Å². The molecule has 16 atom stereocenters. The van der Waals surface area contributed by atoms with Crippen LogP contribution in [-0.4, -0.2) is 25.4 Å². The fourth-order valence-electron chi connectivity index (χ4n) is 11.0. The zero-order valence-corrected chi connectivity index (χ0v) is 15.3. The Hall–Kier alpha value is -0.850. The number of methoxy groups -OCH3 is 1.